The number of rotatable bonds is 3. The zero-order chi connectivity index (χ0) is 16.7. The Balaban J connectivity index is 1.32. The van der Waals surface area contributed by atoms with E-state index in [1.807, 2.05) is 0 Å². The molecule has 2 aliphatic carbocycles. The number of hydrogen-bond donors (Lipinski definition) is 2. The van der Waals surface area contributed by atoms with Gasteiger partial charge in [0.05, 0.1) is 5.92 Å². The summed E-state index contributed by atoms with van der Waals surface area (Å²) in [6, 6.07) is 9.09. The topological polar surface area (TPSA) is 58.4 Å². The van der Waals surface area contributed by atoms with E-state index in [2.05, 4.69) is 41.4 Å². The third kappa shape index (κ3) is 2.92. The standard InChI is InChI=1S/C20H29N3O/c1-13-3-2-4-17(11-13)22-16-7-9-23(10-8-16)20(24)18-14-5-6-15(12-14)19(18)21/h2-4,11,14-16,18-19,22H,5-10,12,21H2,1H3. The van der Waals surface area contributed by atoms with E-state index in [0.717, 1.165) is 25.9 Å². The molecule has 2 saturated carbocycles. The van der Waals surface area contributed by atoms with Crippen molar-refractivity contribution in [3.8, 4) is 0 Å². The fourth-order valence-corrected chi connectivity index (χ4v) is 5.13. The van der Waals surface area contributed by atoms with Gasteiger partial charge >= 0.3 is 0 Å². The van der Waals surface area contributed by atoms with Crippen molar-refractivity contribution in [2.24, 2.45) is 23.5 Å². The average Bonchev–Trinajstić information content (AvgIpc) is 3.16. The highest BCUT2D eigenvalue weighted by atomic mass is 16.2. The van der Waals surface area contributed by atoms with E-state index in [1.165, 1.54) is 30.5 Å². The van der Waals surface area contributed by atoms with Gasteiger partial charge in [0.25, 0.3) is 0 Å². The number of nitrogens with two attached hydrogens (primary N) is 1. The summed E-state index contributed by atoms with van der Waals surface area (Å²) in [7, 11) is 0. The van der Waals surface area contributed by atoms with Crippen LogP contribution in [0.5, 0.6) is 0 Å². The summed E-state index contributed by atoms with van der Waals surface area (Å²) in [6.07, 6.45) is 5.67. The van der Waals surface area contributed by atoms with Crippen molar-refractivity contribution in [1.29, 1.82) is 0 Å². The van der Waals surface area contributed by atoms with E-state index in [4.69, 9.17) is 5.73 Å². The smallest absolute Gasteiger partial charge is 0.227 e. The third-order valence-corrected chi connectivity index (χ3v) is 6.46. The van der Waals surface area contributed by atoms with Crippen LogP contribution in [0.15, 0.2) is 24.3 Å². The molecule has 130 valence electrons. The average molecular weight is 327 g/mol. The van der Waals surface area contributed by atoms with Crippen LogP contribution < -0.4 is 11.1 Å². The molecular formula is C20H29N3O. The Labute approximate surface area is 144 Å². The summed E-state index contributed by atoms with van der Waals surface area (Å²) in [5.74, 6) is 1.60. The minimum atomic E-state index is 0.102. The first-order valence-corrected chi connectivity index (χ1v) is 9.49. The van der Waals surface area contributed by atoms with Gasteiger partial charge in [-0.1, -0.05) is 12.1 Å². The van der Waals surface area contributed by atoms with E-state index in [-0.39, 0.29) is 12.0 Å². The van der Waals surface area contributed by atoms with E-state index >= 15 is 0 Å². The fourth-order valence-electron chi connectivity index (χ4n) is 5.13. The quantitative estimate of drug-likeness (QED) is 0.897. The van der Waals surface area contributed by atoms with Gasteiger partial charge in [0.1, 0.15) is 0 Å². The molecule has 1 saturated heterocycles. The second-order valence-corrected chi connectivity index (χ2v) is 8.05. The van der Waals surface area contributed by atoms with Gasteiger partial charge in [0, 0.05) is 30.9 Å². The predicted molar refractivity (Wildman–Crippen MR) is 96.7 cm³/mol. The summed E-state index contributed by atoms with van der Waals surface area (Å²) >= 11 is 0. The summed E-state index contributed by atoms with van der Waals surface area (Å²) in [5, 5.41) is 3.62. The molecule has 2 bridgehead atoms. The van der Waals surface area contributed by atoms with Crippen molar-refractivity contribution in [3.05, 3.63) is 29.8 Å². The first-order valence-electron chi connectivity index (χ1n) is 9.49. The van der Waals surface area contributed by atoms with Crippen molar-refractivity contribution in [1.82, 2.24) is 4.90 Å². The lowest BCUT2D eigenvalue weighted by molar-refractivity contribution is -0.138. The molecule has 0 radical (unpaired) electrons. The number of carbonyl (C=O) groups is 1. The van der Waals surface area contributed by atoms with E-state index in [9.17, 15) is 4.79 Å². The molecule has 4 unspecified atom stereocenters. The van der Waals surface area contributed by atoms with Crippen LogP contribution in [0.1, 0.15) is 37.7 Å². The van der Waals surface area contributed by atoms with E-state index < -0.39 is 0 Å². The Hall–Kier alpha value is -1.55. The molecule has 1 aromatic carbocycles. The van der Waals surface area contributed by atoms with Gasteiger partial charge in [0.2, 0.25) is 5.91 Å². The zero-order valence-electron chi connectivity index (χ0n) is 14.6. The van der Waals surface area contributed by atoms with Crippen molar-refractivity contribution >= 4 is 11.6 Å². The number of amides is 1. The Morgan fingerprint density at radius 1 is 1.17 bits per heavy atom. The van der Waals surface area contributed by atoms with Gasteiger partial charge in [-0.2, -0.15) is 0 Å². The number of aryl methyl sites for hydroxylation is 1. The number of benzene rings is 1. The lowest BCUT2D eigenvalue weighted by Crippen LogP contribution is -2.50. The van der Waals surface area contributed by atoms with Gasteiger partial charge < -0.3 is 16.0 Å². The monoisotopic (exact) mass is 327 g/mol. The molecule has 3 fully saturated rings. The fraction of sp³-hybridized carbons (Fsp3) is 0.650. The number of nitrogens with zero attached hydrogens (tertiary/aromatic N) is 1. The highest BCUT2D eigenvalue weighted by molar-refractivity contribution is 5.80. The minimum Gasteiger partial charge on any atom is -0.382 e. The molecule has 4 nitrogen and oxygen atoms in total. The number of nitrogens with one attached hydrogen (secondary N) is 1. The molecule has 1 aromatic rings. The van der Waals surface area contributed by atoms with E-state index in [1.54, 1.807) is 0 Å². The van der Waals surface area contributed by atoms with Gasteiger partial charge in [-0.3, -0.25) is 4.79 Å². The van der Waals surface area contributed by atoms with Crippen LogP contribution >= 0.6 is 0 Å². The molecule has 0 aromatic heterocycles. The number of hydrogen-bond acceptors (Lipinski definition) is 3. The number of piperidine rings is 1. The lowest BCUT2D eigenvalue weighted by atomic mass is 9.83. The zero-order valence-corrected chi connectivity index (χ0v) is 14.6. The maximum Gasteiger partial charge on any atom is 0.227 e. The SMILES string of the molecule is Cc1cccc(NC2CCN(C(=O)C3C4CCC(C4)C3N)CC2)c1. The molecule has 4 heteroatoms. The Bertz CT molecular complexity index is 607. The maximum absolute atomic E-state index is 12.9. The van der Waals surface area contributed by atoms with Gasteiger partial charge in [-0.15, -0.1) is 0 Å². The van der Waals surface area contributed by atoms with Crippen LogP contribution in [-0.2, 0) is 4.79 Å². The summed E-state index contributed by atoms with van der Waals surface area (Å²) in [5.41, 5.74) is 8.82. The van der Waals surface area contributed by atoms with Crippen molar-refractivity contribution in [2.45, 2.75) is 51.1 Å². The molecule has 1 heterocycles. The first-order chi connectivity index (χ1) is 11.6. The van der Waals surface area contributed by atoms with Crippen LogP contribution in [0.4, 0.5) is 5.69 Å². The Kier molecular flexibility index (Phi) is 4.25. The molecule has 1 amide bonds. The van der Waals surface area contributed by atoms with Crippen LogP contribution in [0, 0.1) is 24.7 Å². The van der Waals surface area contributed by atoms with Crippen LogP contribution in [0.25, 0.3) is 0 Å². The largest absolute Gasteiger partial charge is 0.382 e. The van der Waals surface area contributed by atoms with Crippen LogP contribution in [0.2, 0.25) is 0 Å². The number of fused-ring (bicyclic) bond motifs is 2. The number of anilines is 1. The maximum atomic E-state index is 12.9. The highest BCUT2D eigenvalue weighted by Crippen LogP contribution is 2.48. The van der Waals surface area contributed by atoms with Gasteiger partial charge in [0.15, 0.2) is 0 Å². The summed E-state index contributed by atoms with van der Waals surface area (Å²) < 4.78 is 0. The van der Waals surface area contributed by atoms with Gasteiger partial charge in [-0.25, -0.2) is 0 Å². The number of carbonyl (C=O) groups excluding carboxylic acids is 1. The van der Waals surface area contributed by atoms with E-state index in [0.29, 0.717) is 23.8 Å². The molecule has 1 aliphatic heterocycles. The summed E-state index contributed by atoms with van der Waals surface area (Å²) in [4.78, 5) is 15.0. The Morgan fingerprint density at radius 2 is 1.92 bits per heavy atom. The molecule has 24 heavy (non-hydrogen) atoms. The minimum absolute atomic E-state index is 0.102. The van der Waals surface area contributed by atoms with Crippen molar-refractivity contribution in [3.63, 3.8) is 0 Å². The summed E-state index contributed by atoms with van der Waals surface area (Å²) in [6.45, 7) is 3.84. The van der Waals surface area contributed by atoms with Crippen molar-refractivity contribution in [2.75, 3.05) is 18.4 Å². The molecule has 3 N–H and O–H groups in total. The van der Waals surface area contributed by atoms with Gasteiger partial charge in [-0.05, 0) is 68.6 Å². The predicted octanol–water partition coefficient (Wildman–Crippen LogP) is 2.77. The normalized spacial score (nSPS) is 33.0. The molecule has 4 atom stereocenters. The second kappa shape index (κ2) is 6.40. The van der Waals surface area contributed by atoms with Crippen LogP contribution in [-0.4, -0.2) is 36.0 Å². The lowest BCUT2D eigenvalue weighted by Gasteiger charge is -2.37. The molecular weight excluding hydrogens is 298 g/mol. The van der Waals surface area contributed by atoms with Crippen molar-refractivity contribution < 1.29 is 4.79 Å². The second-order valence-electron chi connectivity index (χ2n) is 8.05. The molecule has 0 spiro atoms. The molecule has 3 aliphatic rings. The first kappa shape index (κ1) is 15.9. The van der Waals surface area contributed by atoms with Crippen LogP contribution in [0.3, 0.4) is 0 Å². The Morgan fingerprint density at radius 3 is 2.58 bits per heavy atom. The highest BCUT2D eigenvalue weighted by Gasteiger charge is 2.50. The third-order valence-electron chi connectivity index (χ3n) is 6.46. The number of likely N-dealkylation sites (tertiary alicyclic amines) is 1. The molecule has 4 rings (SSSR count).